The summed E-state index contributed by atoms with van der Waals surface area (Å²) in [4.78, 5) is 22.2. The molecule has 0 aromatic carbocycles. The standard InChI is InChI=1S/C10H19NO5S/c1-7(2)6-9(12)11-8(10(13)14)4-5-17(3,15)16/h7-8H,4-6H2,1-3H3,(H,11,12)(H,13,14). The fourth-order valence-electron chi connectivity index (χ4n) is 1.21. The zero-order chi connectivity index (χ0) is 13.6. The molecule has 0 saturated carbocycles. The van der Waals surface area contributed by atoms with Crippen molar-refractivity contribution in [3.8, 4) is 0 Å². The second kappa shape index (κ2) is 6.58. The maximum Gasteiger partial charge on any atom is 0.326 e. The van der Waals surface area contributed by atoms with E-state index in [1.165, 1.54) is 0 Å². The van der Waals surface area contributed by atoms with E-state index < -0.39 is 21.8 Å². The molecule has 17 heavy (non-hydrogen) atoms. The molecule has 100 valence electrons. The Morgan fingerprint density at radius 3 is 2.18 bits per heavy atom. The predicted molar refractivity (Wildman–Crippen MR) is 63.3 cm³/mol. The van der Waals surface area contributed by atoms with Crippen LogP contribution >= 0.6 is 0 Å². The van der Waals surface area contributed by atoms with Crippen LogP contribution in [0.3, 0.4) is 0 Å². The van der Waals surface area contributed by atoms with E-state index in [1.54, 1.807) is 0 Å². The molecule has 0 saturated heterocycles. The molecule has 0 aliphatic carbocycles. The minimum absolute atomic E-state index is 0.113. The van der Waals surface area contributed by atoms with E-state index in [0.717, 1.165) is 6.26 Å². The largest absolute Gasteiger partial charge is 0.480 e. The molecule has 0 radical (unpaired) electrons. The van der Waals surface area contributed by atoms with Gasteiger partial charge >= 0.3 is 5.97 Å². The number of hydrogen-bond donors (Lipinski definition) is 2. The maximum absolute atomic E-state index is 11.4. The lowest BCUT2D eigenvalue weighted by atomic mass is 10.1. The van der Waals surface area contributed by atoms with Gasteiger partial charge in [-0.3, -0.25) is 4.79 Å². The van der Waals surface area contributed by atoms with Crippen LogP contribution < -0.4 is 5.32 Å². The van der Waals surface area contributed by atoms with Crippen molar-refractivity contribution in [3.05, 3.63) is 0 Å². The van der Waals surface area contributed by atoms with Crippen LogP contribution in [0, 0.1) is 5.92 Å². The van der Waals surface area contributed by atoms with Gasteiger partial charge in [0.2, 0.25) is 5.91 Å². The van der Waals surface area contributed by atoms with E-state index in [4.69, 9.17) is 5.11 Å². The fourth-order valence-corrected chi connectivity index (χ4v) is 1.88. The highest BCUT2D eigenvalue weighted by Crippen LogP contribution is 2.02. The van der Waals surface area contributed by atoms with Crippen molar-refractivity contribution in [2.75, 3.05) is 12.0 Å². The minimum atomic E-state index is -3.23. The highest BCUT2D eigenvalue weighted by atomic mass is 32.2. The number of amides is 1. The van der Waals surface area contributed by atoms with Gasteiger partial charge in [-0.1, -0.05) is 13.8 Å². The van der Waals surface area contributed by atoms with Crippen LogP contribution in [0.5, 0.6) is 0 Å². The number of aliphatic carboxylic acids is 1. The Kier molecular flexibility index (Phi) is 6.15. The van der Waals surface area contributed by atoms with Crippen LogP contribution in [0.4, 0.5) is 0 Å². The summed E-state index contributed by atoms with van der Waals surface area (Å²) in [5.74, 6) is -1.72. The molecule has 7 heteroatoms. The van der Waals surface area contributed by atoms with Crippen molar-refractivity contribution in [2.45, 2.75) is 32.7 Å². The smallest absolute Gasteiger partial charge is 0.326 e. The molecule has 0 fully saturated rings. The first-order valence-electron chi connectivity index (χ1n) is 5.31. The predicted octanol–water partition coefficient (Wildman–Crippen LogP) is 0.0366. The minimum Gasteiger partial charge on any atom is -0.480 e. The van der Waals surface area contributed by atoms with E-state index in [-0.39, 0.29) is 30.4 Å². The highest BCUT2D eigenvalue weighted by Gasteiger charge is 2.21. The van der Waals surface area contributed by atoms with Gasteiger partial charge in [0.1, 0.15) is 15.9 Å². The normalized spacial score (nSPS) is 13.4. The fraction of sp³-hybridized carbons (Fsp3) is 0.800. The average Bonchev–Trinajstić information content (AvgIpc) is 2.08. The second-order valence-electron chi connectivity index (χ2n) is 4.47. The molecule has 2 N–H and O–H groups in total. The van der Waals surface area contributed by atoms with Gasteiger partial charge in [0.15, 0.2) is 0 Å². The van der Waals surface area contributed by atoms with E-state index >= 15 is 0 Å². The molecule has 1 unspecified atom stereocenters. The monoisotopic (exact) mass is 265 g/mol. The molecule has 1 atom stereocenters. The van der Waals surface area contributed by atoms with Crippen LogP contribution in [0.25, 0.3) is 0 Å². The third-order valence-corrected chi connectivity index (χ3v) is 2.98. The van der Waals surface area contributed by atoms with Crippen LogP contribution in [0.1, 0.15) is 26.7 Å². The summed E-state index contributed by atoms with van der Waals surface area (Å²) < 4.78 is 21.8. The molecule has 0 bridgehead atoms. The Bertz CT molecular complexity index is 374. The van der Waals surface area contributed by atoms with Gasteiger partial charge in [-0.2, -0.15) is 0 Å². The summed E-state index contributed by atoms with van der Waals surface area (Å²) in [6.45, 7) is 3.68. The number of carbonyl (C=O) groups is 2. The first-order chi connectivity index (χ1) is 7.61. The number of nitrogens with one attached hydrogen (secondary N) is 1. The first-order valence-corrected chi connectivity index (χ1v) is 7.37. The zero-order valence-electron chi connectivity index (χ0n) is 10.3. The van der Waals surface area contributed by atoms with Crippen LogP contribution in [-0.4, -0.2) is 43.5 Å². The molecule has 0 spiro atoms. The van der Waals surface area contributed by atoms with Crippen molar-refractivity contribution >= 4 is 21.7 Å². The lowest BCUT2D eigenvalue weighted by molar-refractivity contribution is -0.142. The Balaban J connectivity index is 4.35. The summed E-state index contributed by atoms with van der Waals surface area (Å²) in [6.07, 6.45) is 1.14. The topological polar surface area (TPSA) is 101 Å². The zero-order valence-corrected chi connectivity index (χ0v) is 11.1. The molecular formula is C10H19NO5S. The Labute approximate surface area is 101 Å². The molecule has 6 nitrogen and oxygen atoms in total. The van der Waals surface area contributed by atoms with Crippen molar-refractivity contribution < 1.29 is 23.1 Å². The molecule has 0 aromatic heterocycles. The van der Waals surface area contributed by atoms with Crippen molar-refractivity contribution in [2.24, 2.45) is 5.92 Å². The third-order valence-electron chi connectivity index (χ3n) is 2.00. The van der Waals surface area contributed by atoms with Crippen LogP contribution in [-0.2, 0) is 19.4 Å². The lowest BCUT2D eigenvalue weighted by Crippen LogP contribution is -2.42. The number of carbonyl (C=O) groups excluding carboxylic acids is 1. The molecule has 1 amide bonds. The maximum atomic E-state index is 11.4. The Morgan fingerprint density at radius 2 is 1.82 bits per heavy atom. The highest BCUT2D eigenvalue weighted by molar-refractivity contribution is 7.90. The van der Waals surface area contributed by atoms with Crippen molar-refractivity contribution in [1.29, 1.82) is 0 Å². The first kappa shape index (κ1) is 15.9. The number of carboxylic acid groups (broad SMARTS) is 1. The Hall–Kier alpha value is -1.11. The van der Waals surface area contributed by atoms with E-state index in [2.05, 4.69) is 5.32 Å². The van der Waals surface area contributed by atoms with Gasteiger partial charge in [-0.15, -0.1) is 0 Å². The van der Waals surface area contributed by atoms with Crippen molar-refractivity contribution in [3.63, 3.8) is 0 Å². The van der Waals surface area contributed by atoms with E-state index in [1.807, 2.05) is 13.8 Å². The third kappa shape index (κ3) is 8.67. The van der Waals surface area contributed by atoms with Gasteiger partial charge in [-0.25, -0.2) is 13.2 Å². The van der Waals surface area contributed by atoms with Crippen LogP contribution in [0.2, 0.25) is 0 Å². The molecule has 0 aromatic rings. The van der Waals surface area contributed by atoms with E-state index in [9.17, 15) is 18.0 Å². The summed E-state index contributed by atoms with van der Waals surface area (Å²) in [7, 11) is -3.23. The van der Waals surface area contributed by atoms with Gasteiger partial charge in [0.05, 0.1) is 5.75 Å². The molecule has 0 rings (SSSR count). The van der Waals surface area contributed by atoms with Gasteiger partial charge in [0, 0.05) is 12.7 Å². The Morgan fingerprint density at radius 1 is 1.29 bits per heavy atom. The van der Waals surface area contributed by atoms with Gasteiger partial charge in [-0.05, 0) is 12.3 Å². The molecular weight excluding hydrogens is 246 g/mol. The number of sulfone groups is 1. The average molecular weight is 265 g/mol. The number of carboxylic acids is 1. The van der Waals surface area contributed by atoms with Crippen LogP contribution in [0.15, 0.2) is 0 Å². The van der Waals surface area contributed by atoms with Gasteiger partial charge < -0.3 is 10.4 Å². The van der Waals surface area contributed by atoms with E-state index in [0.29, 0.717) is 0 Å². The number of rotatable bonds is 7. The molecule has 0 aliphatic heterocycles. The van der Waals surface area contributed by atoms with Gasteiger partial charge in [0.25, 0.3) is 0 Å². The number of hydrogen-bond acceptors (Lipinski definition) is 4. The summed E-state index contributed by atoms with van der Waals surface area (Å²) in [5, 5.41) is 11.2. The summed E-state index contributed by atoms with van der Waals surface area (Å²) in [6, 6.07) is -1.14. The quantitative estimate of drug-likeness (QED) is 0.676. The summed E-state index contributed by atoms with van der Waals surface area (Å²) in [5.41, 5.74) is 0. The summed E-state index contributed by atoms with van der Waals surface area (Å²) >= 11 is 0. The molecule has 0 aliphatic rings. The molecule has 0 heterocycles. The lowest BCUT2D eigenvalue weighted by Gasteiger charge is -2.14. The van der Waals surface area contributed by atoms with Crippen molar-refractivity contribution in [1.82, 2.24) is 5.32 Å². The SMILES string of the molecule is CC(C)CC(=O)NC(CCS(C)(=O)=O)C(=O)O. The second-order valence-corrected chi connectivity index (χ2v) is 6.73.